The van der Waals surface area contributed by atoms with Gasteiger partial charge in [0.05, 0.1) is 10.8 Å². The molecule has 3 amide bonds. The maximum Gasteiger partial charge on any atom is 0.335 e. The zero-order valence-electron chi connectivity index (χ0n) is 22.6. The molecule has 1 atom stereocenters. The monoisotopic (exact) mass is 633 g/mol. The number of nitrogens with one attached hydrogen (secondary N) is 3. The molecule has 0 bridgehead atoms. The van der Waals surface area contributed by atoms with Crippen molar-refractivity contribution >= 4 is 76.1 Å². The van der Waals surface area contributed by atoms with Crippen LogP contribution in [0.3, 0.4) is 0 Å². The molecule has 4 rings (SSSR count). The molecule has 4 N–H and O–H groups in total. The standard InChI is InChI=1S/C32H25Cl2N3O5S/c1-19(29(38)35-22-11-5-10-21(16-22)32(41)42)43-24-13-6-12-23(17-24)36-31(40)28(18-25-26(33)14-7-15-27(25)34)37-30(39)20-8-3-2-4-9-20/h2-19H,1H3,(H,35,38)(H,36,40)(H,37,39)(H,41,42)/b28-18+. The van der Waals surface area contributed by atoms with Gasteiger partial charge >= 0.3 is 5.97 Å². The molecule has 0 aliphatic heterocycles. The number of carboxylic acids is 1. The molecule has 0 aliphatic carbocycles. The van der Waals surface area contributed by atoms with Gasteiger partial charge < -0.3 is 21.1 Å². The first-order chi connectivity index (χ1) is 20.6. The van der Waals surface area contributed by atoms with E-state index in [1.807, 2.05) is 0 Å². The molecule has 0 spiro atoms. The average molecular weight is 635 g/mol. The van der Waals surface area contributed by atoms with Gasteiger partial charge in [0.15, 0.2) is 0 Å². The number of hydrogen-bond donors (Lipinski definition) is 4. The van der Waals surface area contributed by atoms with Gasteiger partial charge in [-0.15, -0.1) is 11.8 Å². The topological polar surface area (TPSA) is 125 Å². The minimum atomic E-state index is -1.09. The van der Waals surface area contributed by atoms with Crippen molar-refractivity contribution in [2.45, 2.75) is 17.1 Å². The maximum absolute atomic E-state index is 13.4. The van der Waals surface area contributed by atoms with Gasteiger partial charge in [-0.1, -0.05) is 59.6 Å². The predicted octanol–water partition coefficient (Wildman–Crippen LogP) is 7.22. The van der Waals surface area contributed by atoms with Crippen molar-refractivity contribution < 1.29 is 24.3 Å². The number of thioether (sulfide) groups is 1. The van der Waals surface area contributed by atoms with Crippen molar-refractivity contribution in [2.75, 3.05) is 10.6 Å². The lowest BCUT2D eigenvalue weighted by molar-refractivity contribution is -0.115. The third kappa shape index (κ3) is 8.71. The van der Waals surface area contributed by atoms with Crippen LogP contribution in [0.15, 0.2) is 108 Å². The van der Waals surface area contributed by atoms with E-state index < -0.39 is 23.0 Å². The summed E-state index contributed by atoms with van der Waals surface area (Å²) < 4.78 is 0. The van der Waals surface area contributed by atoms with Gasteiger partial charge in [-0.3, -0.25) is 14.4 Å². The van der Waals surface area contributed by atoms with Crippen LogP contribution in [0, 0.1) is 0 Å². The lowest BCUT2D eigenvalue weighted by Crippen LogP contribution is -2.30. The van der Waals surface area contributed by atoms with Crippen LogP contribution in [-0.4, -0.2) is 34.0 Å². The van der Waals surface area contributed by atoms with Crippen LogP contribution in [-0.2, 0) is 9.59 Å². The van der Waals surface area contributed by atoms with Crippen molar-refractivity contribution in [3.8, 4) is 0 Å². The lowest BCUT2D eigenvalue weighted by atomic mass is 10.1. The number of halogens is 2. The molecule has 11 heteroatoms. The second-order valence-corrected chi connectivity index (χ2v) is 11.4. The third-order valence-electron chi connectivity index (χ3n) is 5.97. The quantitative estimate of drug-likeness (QED) is 0.108. The van der Waals surface area contributed by atoms with E-state index in [2.05, 4.69) is 16.0 Å². The number of aromatic carboxylic acids is 1. The first-order valence-corrected chi connectivity index (χ1v) is 14.5. The summed E-state index contributed by atoms with van der Waals surface area (Å²) in [5, 5.41) is 17.4. The molecular formula is C32H25Cl2N3O5S. The molecule has 218 valence electrons. The smallest absolute Gasteiger partial charge is 0.335 e. The van der Waals surface area contributed by atoms with Gasteiger partial charge in [-0.25, -0.2) is 4.79 Å². The molecule has 0 saturated carbocycles. The van der Waals surface area contributed by atoms with Crippen molar-refractivity contribution in [1.82, 2.24) is 5.32 Å². The number of amides is 3. The number of hydrogen-bond acceptors (Lipinski definition) is 5. The Morgan fingerprint density at radius 3 is 2.05 bits per heavy atom. The van der Waals surface area contributed by atoms with Crippen molar-refractivity contribution in [3.05, 3.63) is 129 Å². The van der Waals surface area contributed by atoms with Crippen molar-refractivity contribution in [3.63, 3.8) is 0 Å². The Morgan fingerprint density at radius 2 is 1.37 bits per heavy atom. The maximum atomic E-state index is 13.4. The Balaban J connectivity index is 1.50. The molecule has 4 aromatic carbocycles. The van der Waals surface area contributed by atoms with Gasteiger partial charge in [0.25, 0.3) is 11.8 Å². The molecule has 0 saturated heterocycles. The van der Waals surface area contributed by atoms with Crippen molar-refractivity contribution in [2.24, 2.45) is 0 Å². The minimum absolute atomic E-state index is 0.0618. The van der Waals surface area contributed by atoms with E-state index in [1.54, 1.807) is 91.9 Å². The zero-order valence-corrected chi connectivity index (χ0v) is 25.0. The summed E-state index contributed by atoms with van der Waals surface area (Å²) in [7, 11) is 0. The van der Waals surface area contributed by atoms with E-state index in [0.29, 0.717) is 37.4 Å². The molecule has 0 aromatic heterocycles. The van der Waals surface area contributed by atoms with Crippen LogP contribution in [0.25, 0.3) is 6.08 Å². The fourth-order valence-electron chi connectivity index (χ4n) is 3.81. The van der Waals surface area contributed by atoms with Crippen LogP contribution in [0.5, 0.6) is 0 Å². The summed E-state index contributed by atoms with van der Waals surface area (Å²) in [6, 6.07) is 26.2. The minimum Gasteiger partial charge on any atom is -0.478 e. The van der Waals surface area contributed by atoms with E-state index in [-0.39, 0.29) is 17.2 Å². The zero-order chi connectivity index (χ0) is 30.9. The molecule has 1 unspecified atom stereocenters. The highest BCUT2D eigenvalue weighted by atomic mass is 35.5. The predicted molar refractivity (Wildman–Crippen MR) is 171 cm³/mol. The number of carbonyl (C=O) groups excluding carboxylic acids is 3. The largest absolute Gasteiger partial charge is 0.478 e. The van der Waals surface area contributed by atoms with Crippen LogP contribution < -0.4 is 16.0 Å². The van der Waals surface area contributed by atoms with Crippen LogP contribution in [0.1, 0.15) is 33.2 Å². The van der Waals surface area contributed by atoms with Gasteiger partial charge in [-0.2, -0.15) is 0 Å². The normalized spacial score (nSPS) is 11.7. The molecule has 0 aliphatic rings. The van der Waals surface area contributed by atoms with Crippen LogP contribution in [0.2, 0.25) is 10.0 Å². The average Bonchev–Trinajstić information content (AvgIpc) is 2.99. The van der Waals surface area contributed by atoms with Gasteiger partial charge in [-0.05, 0) is 73.7 Å². The Bertz CT molecular complexity index is 1690. The van der Waals surface area contributed by atoms with E-state index >= 15 is 0 Å². The Kier molecular flexibility index (Phi) is 10.6. The molecule has 8 nitrogen and oxygen atoms in total. The Labute approximate surface area is 262 Å². The molecular weight excluding hydrogens is 609 g/mol. The van der Waals surface area contributed by atoms with Gasteiger partial charge in [0.2, 0.25) is 5.91 Å². The van der Waals surface area contributed by atoms with E-state index in [0.717, 1.165) is 0 Å². The number of benzene rings is 4. The number of rotatable bonds is 10. The number of carbonyl (C=O) groups is 4. The summed E-state index contributed by atoms with van der Waals surface area (Å²) in [4.78, 5) is 51.0. The lowest BCUT2D eigenvalue weighted by Gasteiger charge is -2.14. The fourth-order valence-corrected chi connectivity index (χ4v) is 5.25. The third-order valence-corrected chi connectivity index (χ3v) is 7.72. The summed E-state index contributed by atoms with van der Waals surface area (Å²) in [5.41, 5.74) is 1.48. The SMILES string of the molecule is CC(Sc1cccc(NC(=O)/C(=C\c2c(Cl)cccc2Cl)NC(=O)c2ccccc2)c1)C(=O)Nc1cccc(C(=O)O)c1. The van der Waals surface area contributed by atoms with E-state index in [1.165, 1.54) is 30.0 Å². The van der Waals surface area contributed by atoms with Crippen LogP contribution in [0.4, 0.5) is 11.4 Å². The first-order valence-electron chi connectivity index (χ1n) is 12.8. The molecule has 43 heavy (non-hydrogen) atoms. The van der Waals surface area contributed by atoms with Crippen LogP contribution >= 0.6 is 35.0 Å². The summed E-state index contributed by atoms with van der Waals surface area (Å²) in [6.45, 7) is 1.71. The van der Waals surface area contributed by atoms with E-state index in [4.69, 9.17) is 23.2 Å². The molecule has 4 aromatic rings. The summed E-state index contributed by atoms with van der Waals surface area (Å²) in [6.07, 6.45) is 1.41. The second-order valence-electron chi connectivity index (χ2n) is 9.13. The second kappa shape index (κ2) is 14.6. The van der Waals surface area contributed by atoms with E-state index in [9.17, 15) is 24.3 Å². The highest BCUT2D eigenvalue weighted by Crippen LogP contribution is 2.29. The first kappa shape index (κ1) is 31.4. The summed E-state index contributed by atoms with van der Waals surface area (Å²) >= 11 is 13.9. The van der Waals surface area contributed by atoms with Gasteiger partial charge in [0.1, 0.15) is 5.70 Å². The number of anilines is 2. The Morgan fingerprint density at radius 1 is 0.767 bits per heavy atom. The Hall–Kier alpha value is -4.57. The number of carboxylic acid groups (broad SMARTS) is 1. The molecule has 0 heterocycles. The summed E-state index contributed by atoms with van der Waals surface area (Å²) in [5.74, 6) is -2.54. The highest BCUT2D eigenvalue weighted by Gasteiger charge is 2.19. The molecule has 0 radical (unpaired) electrons. The van der Waals surface area contributed by atoms with Crippen molar-refractivity contribution in [1.29, 1.82) is 0 Å². The van der Waals surface area contributed by atoms with Gasteiger partial charge in [0, 0.05) is 37.4 Å². The highest BCUT2D eigenvalue weighted by molar-refractivity contribution is 8.00. The fraction of sp³-hybridized carbons (Fsp3) is 0.0625. The molecule has 0 fully saturated rings.